The highest BCUT2D eigenvalue weighted by Gasteiger charge is 2.29. The third kappa shape index (κ3) is 6.10. The van der Waals surface area contributed by atoms with Gasteiger partial charge in [-0.2, -0.15) is 5.10 Å². The maximum Gasteiger partial charge on any atom is 0.226 e. The molecule has 10 nitrogen and oxygen atoms in total. The minimum atomic E-state index is 0.156. The number of hydrogen-bond acceptors (Lipinski definition) is 8. The van der Waals surface area contributed by atoms with Crippen LogP contribution in [0.2, 0.25) is 0 Å². The summed E-state index contributed by atoms with van der Waals surface area (Å²) in [5.41, 5.74) is 1.01. The van der Waals surface area contributed by atoms with E-state index >= 15 is 0 Å². The molecule has 5 heterocycles. The molecule has 2 aromatic rings. The van der Waals surface area contributed by atoms with Gasteiger partial charge in [-0.3, -0.25) is 9.89 Å². The van der Waals surface area contributed by atoms with Gasteiger partial charge in [0.1, 0.15) is 17.5 Å². The van der Waals surface area contributed by atoms with Crippen LogP contribution in [0.1, 0.15) is 37.2 Å². The van der Waals surface area contributed by atoms with Crippen molar-refractivity contribution in [3.8, 4) is 0 Å². The highest BCUT2D eigenvalue weighted by atomic mass is 16.2. The predicted octanol–water partition coefficient (Wildman–Crippen LogP) is 1.78. The van der Waals surface area contributed by atoms with E-state index in [9.17, 15) is 4.79 Å². The zero-order valence-corrected chi connectivity index (χ0v) is 21.1. The summed E-state index contributed by atoms with van der Waals surface area (Å²) in [5, 5.41) is 14.0. The molecule has 0 bridgehead atoms. The summed E-state index contributed by atoms with van der Waals surface area (Å²) in [7, 11) is 2.16. The third-order valence-electron chi connectivity index (χ3n) is 7.59. The zero-order chi connectivity index (χ0) is 24.2. The number of aromatic amines is 1. The molecular formula is C25H39N9O. The van der Waals surface area contributed by atoms with Crippen molar-refractivity contribution < 1.29 is 4.79 Å². The average molecular weight is 482 g/mol. The van der Waals surface area contributed by atoms with Gasteiger partial charge in [-0.05, 0) is 52.1 Å². The predicted molar refractivity (Wildman–Crippen MR) is 137 cm³/mol. The molecule has 1 amide bonds. The zero-order valence-electron chi connectivity index (χ0n) is 21.1. The van der Waals surface area contributed by atoms with E-state index in [1.165, 1.54) is 0 Å². The molecule has 3 aliphatic rings. The molecule has 3 N–H and O–H groups in total. The average Bonchev–Trinajstić information content (AvgIpc) is 3.29. The van der Waals surface area contributed by atoms with Crippen LogP contribution < -0.4 is 15.5 Å². The van der Waals surface area contributed by atoms with Gasteiger partial charge in [0.15, 0.2) is 5.82 Å². The lowest BCUT2D eigenvalue weighted by Crippen LogP contribution is -2.46. The normalized spacial score (nSPS) is 22.4. The second-order valence-corrected chi connectivity index (χ2v) is 10.4. The number of aryl methyl sites for hydroxylation is 1. The highest BCUT2D eigenvalue weighted by molar-refractivity contribution is 5.79. The lowest BCUT2D eigenvalue weighted by Gasteiger charge is -2.35. The van der Waals surface area contributed by atoms with Crippen LogP contribution in [0.4, 0.5) is 17.5 Å². The number of carbonyl (C=O) groups is 1. The molecule has 0 radical (unpaired) electrons. The Balaban J connectivity index is 1.25. The SMILES string of the molecule is Cc1cc(Nc2cc(N3CCN(C)CC3)nc(CC3CCN(C(=O)C4CCCNC4)CC3)n2)n[nH]1. The number of amides is 1. The number of H-pyrrole nitrogens is 1. The van der Waals surface area contributed by atoms with Gasteiger partial charge >= 0.3 is 0 Å². The Hall–Kier alpha value is -2.72. The van der Waals surface area contributed by atoms with Gasteiger partial charge in [-0.1, -0.05) is 0 Å². The van der Waals surface area contributed by atoms with Crippen LogP contribution in [0.25, 0.3) is 0 Å². The van der Waals surface area contributed by atoms with Crippen LogP contribution >= 0.6 is 0 Å². The fourth-order valence-electron chi connectivity index (χ4n) is 5.39. The van der Waals surface area contributed by atoms with Gasteiger partial charge in [0.25, 0.3) is 0 Å². The lowest BCUT2D eigenvalue weighted by molar-refractivity contribution is -0.137. The number of likely N-dealkylation sites (tertiary alicyclic amines) is 1. The number of aromatic nitrogens is 4. The Labute approximate surface area is 207 Å². The molecule has 5 rings (SSSR count). The van der Waals surface area contributed by atoms with Crippen LogP contribution in [0.5, 0.6) is 0 Å². The number of anilines is 3. The number of piperidine rings is 2. The third-order valence-corrected chi connectivity index (χ3v) is 7.59. The minimum absolute atomic E-state index is 0.156. The number of piperazine rings is 1. The molecule has 0 aromatic carbocycles. The Bertz CT molecular complexity index is 987. The number of nitrogens with zero attached hydrogens (tertiary/aromatic N) is 6. The first-order valence-corrected chi connectivity index (χ1v) is 13.1. The van der Waals surface area contributed by atoms with Crippen molar-refractivity contribution in [2.24, 2.45) is 11.8 Å². The van der Waals surface area contributed by atoms with E-state index < -0.39 is 0 Å². The summed E-state index contributed by atoms with van der Waals surface area (Å²) in [6.45, 7) is 9.53. The van der Waals surface area contributed by atoms with E-state index in [4.69, 9.17) is 9.97 Å². The number of hydrogen-bond donors (Lipinski definition) is 3. The minimum Gasteiger partial charge on any atom is -0.354 e. The van der Waals surface area contributed by atoms with Gasteiger partial charge in [-0.15, -0.1) is 0 Å². The number of rotatable bonds is 6. The molecule has 0 spiro atoms. The standard InChI is InChI=1S/C25H39N9O/c1-18-14-23(31-30-18)28-22-16-24(33-12-10-32(2)11-13-33)29-21(27-22)15-19-5-8-34(9-6-19)25(35)20-4-3-7-26-17-20/h14,16,19-20,26H,3-13,15,17H2,1-2H3,(H2,27,28,29,30,31). The van der Waals surface area contributed by atoms with Gasteiger partial charge in [0.2, 0.25) is 5.91 Å². The maximum atomic E-state index is 12.9. The summed E-state index contributed by atoms with van der Waals surface area (Å²) in [4.78, 5) is 29.6. The molecule has 190 valence electrons. The second-order valence-electron chi connectivity index (χ2n) is 10.4. The Morgan fingerprint density at radius 3 is 2.54 bits per heavy atom. The molecule has 3 saturated heterocycles. The molecule has 3 fully saturated rings. The van der Waals surface area contributed by atoms with Crippen LogP contribution in [0, 0.1) is 18.8 Å². The molecule has 10 heteroatoms. The van der Waals surface area contributed by atoms with Crippen LogP contribution in [0.15, 0.2) is 12.1 Å². The van der Waals surface area contributed by atoms with Gasteiger partial charge in [0, 0.05) is 70.1 Å². The van der Waals surface area contributed by atoms with E-state index in [0.29, 0.717) is 11.8 Å². The first kappa shape index (κ1) is 24.0. The first-order valence-electron chi connectivity index (χ1n) is 13.1. The summed E-state index contributed by atoms with van der Waals surface area (Å²) >= 11 is 0. The molecule has 2 aromatic heterocycles. The number of likely N-dealkylation sites (N-methyl/N-ethyl adjacent to an activating group) is 1. The van der Waals surface area contributed by atoms with E-state index in [2.05, 4.69) is 42.6 Å². The quantitative estimate of drug-likeness (QED) is 0.574. The summed E-state index contributed by atoms with van der Waals surface area (Å²) < 4.78 is 0. The van der Waals surface area contributed by atoms with Crippen molar-refractivity contribution in [1.29, 1.82) is 0 Å². The molecule has 1 unspecified atom stereocenters. The van der Waals surface area contributed by atoms with Gasteiger partial charge in [-0.25, -0.2) is 9.97 Å². The fraction of sp³-hybridized carbons (Fsp3) is 0.680. The fourth-order valence-corrected chi connectivity index (χ4v) is 5.39. The maximum absolute atomic E-state index is 12.9. The summed E-state index contributed by atoms with van der Waals surface area (Å²) in [6, 6.07) is 4.02. The lowest BCUT2D eigenvalue weighted by atomic mass is 9.91. The van der Waals surface area contributed by atoms with Crippen LogP contribution in [-0.2, 0) is 11.2 Å². The van der Waals surface area contributed by atoms with Crippen molar-refractivity contribution in [2.45, 2.75) is 39.0 Å². The van der Waals surface area contributed by atoms with Crippen molar-refractivity contribution in [3.63, 3.8) is 0 Å². The van der Waals surface area contributed by atoms with E-state index in [-0.39, 0.29) is 5.92 Å². The number of carbonyl (C=O) groups excluding carboxylic acids is 1. The van der Waals surface area contributed by atoms with Crippen LogP contribution in [-0.4, -0.2) is 95.3 Å². The molecule has 35 heavy (non-hydrogen) atoms. The first-order chi connectivity index (χ1) is 17.0. The van der Waals surface area contributed by atoms with E-state index in [0.717, 1.165) is 113 Å². The van der Waals surface area contributed by atoms with Gasteiger partial charge in [0.05, 0.1) is 5.92 Å². The Kier molecular flexibility index (Phi) is 7.48. The Morgan fingerprint density at radius 1 is 1.06 bits per heavy atom. The molecule has 1 atom stereocenters. The van der Waals surface area contributed by atoms with Crippen molar-refractivity contribution >= 4 is 23.4 Å². The van der Waals surface area contributed by atoms with E-state index in [1.54, 1.807) is 0 Å². The topological polar surface area (TPSA) is 105 Å². The molecular weight excluding hydrogens is 442 g/mol. The molecule has 3 aliphatic heterocycles. The van der Waals surface area contributed by atoms with Crippen molar-refractivity contribution in [1.82, 2.24) is 35.3 Å². The Morgan fingerprint density at radius 2 is 1.86 bits per heavy atom. The van der Waals surface area contributed by atoms with Crippen LogP contribution in [0.3, 0.4) is 0 Å². The van der Waals surface area contributed by atoms with Crippen molar-refractivity contribution in [2.75, 3.05) is 69.6 Å². The summed E-state index contributed by atoms with van der Waals surface area (Å²) in [5.74, 6) is 4.39. The largest absolute Gasteiger partial charge is 0.354 e. The van der Waals surface area contributed by atoms with Crippen molar-refractivity contribution in [3.05, 3.63) is 23.7 Å². The van der Waals surface area contributed by atoms with Gasteiger partial charge < -0.3 is 25.3 Å². The summed E-state index contributed by atoms with van der Waals surface area (Å²) in [6.07, 6.45) is 4.97. The molecule has 0 saturated carbocycles. The monoisotopic (exact) mass is 481 g/mol. The highest BCUT2D eigenvalue weighted by Crippen LogP contribution is 2.26. The molecule has 0 aliphatic carbocycles. The smallest absolute Gasteiger partial charge is 0.226 e. The van der Waals surface area contributed by atoms with E-state index in [1.807, 2.05) is 19.1 Å². The second kappa shape index (κ2) is 10.9. The number of nitrogens with one attached hydrogen (secondary N) is 3.